The van der Waals surface area contributed by atoms with Gasteiger partial charge in [-0.1, -0.05) is 35.5 Å². The Bertz CT molecular complexity index is 899. The number of imidazole rings is 1. The predicted molar refractivity (Wildman–Crippen MR) is 96.2 cm³/mol. The van der Waals surface area contributed by atoms with E-state index in [1.165, 1.54) is 11.8 Å². The molecule has 0 aliphatic rings. The molecule has 0 aliphatic heterocycles. The number of hydrogen-bond acceptors (Lipinski definition) is 4. The first-order chi connectivity index (χ1) is 11.7. The van der Waals surface area contributed by atoms with Crippen LogP contribution in [-0.4, -0.2) is 21.6 Å². The number of halogens is 1. The highest BCUT2D eigenvalue weighted by Crippen LogP contribution is 2.22. The van der Waals surface area contributed by atoms with Crippen LogP contribution in [0, 0.1) is 11.3 Å². The third-order valence-corrected chi connectivity index (χ3v) is 4.50. The SMILES string of the molecule is N#Cc1ccc(NC(=O)CCSc2nc3ccccc3[nH]2)cc1Cl. The average Bonchev–Trinajstić information content (AvgIpc) is 2.97. The normalized spacial score (nSPS) is 10.5. The number of nitriles is 1. The van der Waals surface area contributed by atoms with Gasteiger partial charge in [0.15, 0.2) is 5.16 Å². The molecule has 120 valence electrons. The van der Waals surface area contributed by atoms with Crippen LogP contribution in [0.2, 0.25) is 5.02 Å². The average molecular weight is 357 g/mol. The largest absolute Gasteiger partial charge is 0.333 e. The number of carbonyl (C=O) groups excluding carboxylic acids is 1. The lowest BCUT2D eigenvalue weighted by Crippen LogP contribution is -2.12. The summed E-state index contributed by atoms with van der Waals surface area (Å²) in [6, 6.07) is 14.6. The van der Waals surface area contributed by atoms with E-state index < -0.39 is 0 Å². The second kappa shape index (κ2) is 7.39. The maximum Gasteiger partial charge on any atom is 0.225 e. The Morgan fingerprint density at radius 1 is 1.33 bits per heavy atom. The zero-order valence-corrected chi connectivity index (χ0v) is 14.1. The Kier molecular flexibility index (Phi) is 5.04. The van der Waals surface area contributed by atoms with Gasteiger partial charge in [-0.3, -0.25) is 4.79 Å². The van der Waals surface area contributed by atoms with E-state index in [2.05, 4.69) is 15.3 Å². The van der Waals surface area contributed by atoms with Gasteiger partial charge in [-0.05, 0) is 30.3 Å². The van der Waals surface area contributed by atoms with Crippen LogP contribution in [0.1, 0.15) is 12.0 Å². The number of nitrogens with zero attached hydrogens (tertiary/aromatic N) is 2. The summed E-state index contributed by atoms with van der Waals surface area (Å²) in [5.74, 6) is 0.495. The van der Waals surface area contributed by atoms with Crippen molar-refractivity contribution in [2.24, 2.45) is 0 Å². The van der Waals surface area contributed by atoms with Gasteiger partial charge in [-0.2, -0.15) is 5.26 Å². The van der Waals surface area contributed by atoms with Gasteiger partial charge in [0.05, 0.1) is 21.6 Å². The van der Waals surface area contributed by atoms with Crippen LogP contribution in [0.4, 0.5) is 5.69 Å². The fourth-order valence-electron chi connectivity index (χ4n) is 2.15. The van der Waals surface area contributed by atoms with Crippen molar-refractivity contribution >= 4 is 46.0 Å². The van der Waals surface area contributed by atoms with Crippen LogP contribution in [0.5, 0.6) is 0 Å². The molecule has 2 N–H and O–H groups in total. The third kappa shape index (κ3) is 3.88. The summed E-state index contributed by atoms with van der Waals surface area (Å²) in [5, 5.41) is 12.7. The number of aromatic nitrogens is 2. The maximum absolute atomic E-state index is 12.0. The summed E-state index contributed by atoms with van der Waals surface area (Å²) in [4.78, 5) is 19.6. The third-order valence-electron chi connectivity index (χ3n) is 3.31. The number of carbonyl (C=O) groups is 1. The molecule has 0 radical (unpaired) electrons. The molecule has 3 aromatic rings. The number of amides is 1. The lowest BCUT2D eigenvalue weighted by Gasteiger charge is -2.05. The van der Waals surface area contributed by atoms with E-state index in [0.29, 0.717) is 28.4 Å². The zero-order valence-electron chi connectivity index (χ0n) is 12.5. The molecule has 1 heterocycles. The number of hydrogen-bond donors (Lipinski definition) is 2. The van der Waals surface area contributed by atoms with E-state index in [9.17, 15) is 4.79 Å². The zero-order chi connectivity index (χ0) is 16.9. The molecule has 3 rings (SSSR count). The van der Waals surface area contributed by atoms with Gasteiger partial charge in [0, 0.05) is 17.9 Å². The topological polar surface area (TPSA) is 81.6 Å². The minimum absolute atomic E-state index is 0.112. The standard InChI is InChI=1S/C17H13ClN4OS/c18-13-9-12(6-5-11(13)10-19)20-16(23)7-8-24-17-21-14-3-1-2-4-15(14)22-17/h1-6,9H,7-8H2,(H,20,23)(H,21,22). The molecule has 7 heteroatoms. The smallest absolute Gasteiger partial charge is 0.225 e. The van der Waals surface area contributed by atoms with Crippen molar-refractivity contribution < 1.29 is 4.79 Å². The molecule has 0 fully saturated rings. The van der Waals surface area contributed by atoms with Crippen molar-refractivity contribution in [2.45, 2.75) is 11.6 Å². The molecule has 1 aromatic heterocycles. The highest BCUT2D eigenvalue weighted by Gasteiger charge is 2.07. The van der Waals surface area contributed by atoms with Crippen molar-refractivity contribution in [3.8, 4) is 6.07 Å². The van der Waals surface area contributed by atoms with Crippen molar-refractivity contribution in [2.75, 3.05) is 11.1 Å². The Balaban J connectivity index is 1.52. The number of H-pyrrole nitrogens is 1. The molecule has 0 aliphatic carbocycles. The van der Waals surface area contributed by atoms with E-state index >= 15 is 0 Å². The van der Waals surface area contributed by atoms with Crippen molar-refractivity contribution in [3.05, 3.63) is 53.1 Å². The van der Waals surface area contributed by atoms with Crippen molar-refractivity contribution in [3.63, 3.8) is 0 Å². The molecule has 0 bridgehead atoms. The number of aromatic amines is 1. The summed E-state index contributed by atoms with van der Waals surface area (Å²) in [6.07, 6.45) is 0.347. The Morgan fingerprint density at radius 2 is 2.17 bits per heavy atom. The minimum atomic E-state index is -0.112. The van der Waals surface area contributed by atoms with Crippen molar-refractivity contribution in [1.82, 2.24) is 9.97 Å². The lowest BCUT2D eigenvalue weighted by molar-refractivity contribution is -0.115. The lowest BCUT2D eigenvalue weighted by atomic mass is 10.2. The molecule has 24 heavy (non-hydrogen) atoms. The minimum Gasteiger partial charge on any atom is -0.333 e. The van der Waals surface area contributed by atoms with Gasteiger partial charge in [-0.25, -0.2) is 4.98 Å². The van der Waals surface area contributed by atoms with E-state index in [1.807, 2.05) is 30.3 Å². The first-order valence-electron chi connectivity index (χ1n) is 7.23. The molecular weight excluding hydrogens is 344 g/mol. The number of benzene rings is 2. The van der Waals surface area contributed by atoms with Crippen LogP contribution in [0.25, 0.3) is 11.0 Å². The first-order valence-corrected chi connectivity index (χ1v) is 8.59. The second-order valence-corrected chi connectivity index (χ2v) is 6.50. The second-order valence-electron chi connectivity index (χ2n) is 5.01. The summed E-state index contributed by atoms with van der Waals surface area (Å²) in [6.45, 7) is 0. The van der Waals surface area contributed by atoms with E-state index in [-0.39, 0.29) is 5.91 Å². The summed E-state index contributed by atoms with van der Waals surface area (Å²) < 4.78 is 0. The number of anilines is 1. The van der Waals surface area contributed by atoms with Gasteiger partial charge in [-0.15, -0.1) is 0 Å². The summed E-state index contributed by atoms with van der Waals surface area (Å²) >= 11 is 7.44. The van der Waals surface area contributed by atoms with Crippen LogP contribution < -0.4 is 5.32 Å². The maximum atomic E-state index is 12.0. The van der Waals surface area contributed by atoms with Gasteiger partial charge in [0.25, 0.3) is 0 Å². The number of rotatable bonds is 5. The van der Waals surface area contributed by atoms with Gasteiger partial charge >= 0.3 is 0 Å². The van der Waals surface area contributed by atoms with Crippen LogP contribution in [-0.2, 0) is 4.79 Å². The van der Waals surface area contributed by atoms with E-state index in [1.54, 1.807) is 18.2 Å². The molecule has 0 atom stereocenters. The highest BCUT2D eigenvalue weighted by molar-refractivity contribution is 7.99. The van der Waals surface area contributed by atoms with E-state index in [0.717, 1.165) is 16.2 Å². The molecule has 0 unspecified atom stereocenters. The Morgan fingerprint density at radius 3 is 2.92 bits per heavy atom. The van der Waals surface area contributed by atoms with Crippen LogP contribution in [0.15, 0.2) is 47.6 Å². The fourth-order valence-corrected chi connectivity index (χ4v) is 3.19. The first kappa shape index (κ1) is 16.4. The van der Waals surface area contributed by atoms with E-state index in [4.69, 9.17) is 16.9 Å². The molecule has 0 saturated heterocycles. The molecule has 2 aromatic carbocycles. The fraction of sp³-hybridized carbons (Fsp3) is 0.118. The van der Waals surface area contributed by atoms with Gasteiger partial charge < -0.3 is 10.3 Å². The number of thioether (sulfide) groups is 1. The number of fused-ring (bicyclic) bond motifs is 1. The van der Waals surface area contributed by atoms with Gasteiger partial charge in [0.2, 0.25) is 5.91 Å². The summed E-state index contributed by atoms with van der Waals surface area (Å²) in [5.41, 5.74) is 2.86. The quantitative estimate of drug-likeness (QED) is 0.671. The van der Waals surface area contributed by atoms with Crippen LogP contribution >= 0.6 is 23.4 Å². The molecular formula is C17H13ClN4OS. The number of nitrogens with one attached hydrogen (secondary N) is 2. The van der Waals surface area contributed by atoms with Gasteiger partial charge in [0.1, 0.15) is 6.07 Å². The highest BCUT2D eigenvalue weighted by atomic mass is 35.5. The predicted octanol–water partition coefficient (Wildman–Crippen LogP) is 4.21. The Labute approximate surface area is 148 Å². The Hall–Kier alpha value is -2.49. The molecule has 0 spiro atoms. The monoisotopic (exact) mass is 356 g/mol. The van der Waals surface area contributed by atoms with Crippen LogP contribution in [0.3, 0.4) is 0 Å². The molecule has 1 amide bonds. The summed E-state index contributed by atoms with van der Waals surface area (Å²) in [7, 11) is 0. The molecule has 5 nitrogen and oxygen atoms in total. The molecule has 0 saturated carbocycles. The van der Waals surface area contributed by atoms with Crippen molar-refractivity contribution in [1.29, 1.82) is 5.26 Å². The number of para-hydroxylation sites is 2.